The van der Waals surface area contributed by atoms with Gasteiger partial charge >= 0.3 is 8.80 Å². The normalized spacial score (nSPS) is 12.0. The maximum absolute atomic E-state index is 8.77. The molecule has 0 amide bonds. The standard InChI is InChI=1S/C20H38N10O3Si/c1-5-9-10-11-12-13-14-15-16-17(34(31-6-2,32-7-3)33-8-4)23-18-24-19(27-29-21)26-20(25-18)28-30-22/h17H,5-16H2,1-4H3,(H,23,24,25,26). The Labute approximate surface area is 202 Å². The first-order chi connectivity index (χ1) is 16.6. The fourth-order valence-corrected chi connectivity index (χ4v) is 6.52. The number of aromatic nitrogens is 3. The predicted molar refractivity (Wildman–Crippen MR) is 133 cm³/mol. The minimum atomic E-state index is -3.18. The van der Waals surface area contributed by atoms with E-state index in [1.54, 1.807) is 0 Å². The Bertz CT molecular complexity index is 750. The highest BCUT2D eigenvalue weighted by molar-refractivity contribution is 6.63. The Morgan fingerprint density at radius 3 is 1.68 bits per heavy atom. The van der Waals surface area contributed by atoms with Crippen LogP contribution in [-0.2, 0) is 13.3 Å². The molecule has 13 nitrogen and oxygen atoms in total. The number of rotatable bonds is 20. The summed E-state index contributed by atoms with van der Waals surface area (Å²) in [6.45, 7) is 9.18. The van der Waals surface area contributed by atoms with Crippen molar-refractivity contribution in [2.45, 2.75) is 91.1 Å². The van der Waals surface area contributed by atoms with Gasteiger partial charge in [-0.25, -0.2) is 4.98 Å². The lowest BCUT2D eigenvalue weighted by Gasteiger charge is -2.35. The Balaban J connectivity index is 3.10. The Hall–Kier alpha value is -2.47. The maximum atomic E-state index is 8.77. The summed E-state index contributed by atoms with van der Waals surface area (Å²) in [5.74, 6) is -0.310. The van der Waals surface area contributed by atoms with Crippen LogP contribution in [0.4, 0.5) is 17.8 Å². The van der Waals surface area contributed by atoms with Crippen molar-refractivity contribution in [3.63, 3.8) is 0 Å². The average molecular weight is 495 g/mol. The molecule has 14 heteroatoms. The van der Waals surface area contributed by atoms with E-state index in [0.717, 1.165) is 19.3 Å². The van der Waals surface area contributed by atoms with Gasteiger partial charge in [-0.2, -0.15) is 9.97 Å². The molecule has 1 atom stereocenters. The molecule has 0 saturated carbocycles. The second kappa shape index (κ2) is 17.9. The van der Waals surface area contributed by atoms with Crippen LogP contribution in [0.25, 0.3) is 20.9 Å². The molecule has 0 bridgehead atoms. The summed E-state index contributed by atoms with van der Waals surface area (Å²) in [7, 11) is -3.18. The van der Waals surface area contributed by atoms with Gasteiger partial charge in [-0.05, 0) is 48.5 Å². The molecule has 1 unspecified atom stereocenters. The molecule has 0 aromatic carbocycles. The first kappa shape index (κ1) is 29.6. The molecular weight excluding hydrogens is 456 g/mol. The van der Waals surface area contributed by atoms with Crippen molar-refractivity contribution >= 4 is 26.6 Å². The van der Waals surface area contributed by atoms with Crippen molar-refractivity contribution in [2.24, 2.45) is 10.2 Å². The van der Waals surface area contributed by atoms with Crippen molar-refractivity contribution in [2.75, 3.05) is 25.1 Å². The molecule has 1 N–H and O–H groups in total. The van der Waals surface area contributed by atoms with Crippen LogP contribution in [-0.4, -0.2) is 49.2 Å². The van der Waals surface area contributed by atoms with Crippen molar-refractivity contribution in [3.8, 4) is 0 Å². The number of hydrogen-bond donors (Lipinski definition) is 1. The van der Waals surface area contributed by atoms with E-state index in [9.17, 15) is 0 Å². The fourth-order valence-electron chi connectivity index (χ4n) is 3.59. The highest BCUT2D eigenvalue weighted by atomic mass is 28.4. The highest BCUT2D eigenvalue weighted by Gasteiger charge is 2.49. The van der Waals surface area contributed by atoms with Gasteiger partial charge in [0.1, 0.15) is 0 Å². The molecule has 0 radical (unpaired) electrons. The minimum Gasteiger partial charge on any atom is -0.373 e. The number of anilines is 1. The number of azide groups is 2. The number of nitrogens with zero attached hydrogens (tertiary/aromatic N) is 9. The average Bonchev–Trinajstić information content (AvgIpc) is 2.81. The van der Waals surface area contributed by atoms with E-state index >= 15 is 0 Å². The second-order valence-electron chi connectivity index (χ2n) is 7.50. The van der Waals surface area contributed by atoms with Gasteiger partial charge in [0.05, 0.1) is 5.67 Å². The van der Waals surface area contributed by atoms with Crippen molar-refractivity contribution in [3.05, 3.63) is 20.9 Å². The zero-order chi connectivity index (χ0) is 25.1. The Morgan fingerprint density at radius 1 is 0.765 bits per heavy atom. The van der Waals surface area contributed by atoms with E-state index in [2.05, 4.69) is 47.2 Å². The molecule has 0 saturated heterocycles. The number of hydrogen-bond acceptors (Lipinski definition) is 9. The molecule has 1 aromatic heterocycles. The smallest absolute Gasteiger partial charge is 0.373 e. The van der Waals surface area contributed by atoms with Gasteiger partial charge in [0.15, 0.2) is 0 Å². The molecule has 0 aliphatic heterocycles. The van der Waals surface area contributed by atoms with E-state index < -0.39 is 8.80 Å². The third-order valence-corrected chi connectivity index (χ3v) is 8.35. The van der Waals surface area contributed by atoms with Gasteiger partial charge in [-0.1, -0.05) is 58.3 Å². The summed E-state index contributed by atoms with van der Waals surface area (Å²) in [4.78, 5) is 17.5. The summed E-state index contributed by atoms with van der Waals surface area (Å²) >= 11 is 0. The summed E-state index contributed by atoms with van der Waals surface area (Å²) in [6.07, 6.45) is 10.2. The van der Waals surface area contributed by atoms with Gasteiger partial charge in [0.25, 0.3) is 0 Å². The van der Waals surface area contributed by atoms with Crippen LogP contribution in [0.15, 0.2) is 10.2 Å². The Kier molecular flexibility index (Phi) is 15.6. The lowest BCUT2D eigenvalue weighted by atomic mass is 10.1. The van der Waals surface area contributed by atoms with E-state index in [4.69, 9.17) is 24.3 Å². The van der Waals surface area contributed by atoms with E-state index in [1.165, 1.54) is 32.1 Å². The van der Waals surface area contributed by atoms with Crippen molar-refractivity contribution in [1.82, 2.24) is 15.0 Å². The number of nitrogens with one attached hydrogen (secondary N) is 1. The molecule has 190 valence electrons. The van der Waals surface area contributed by atoms with Crippen LogP contribution in [0.1, 0.15) is 85.5 Å². The topological polar surface area (TPSA) is 176 Å². The van der Waals surface area contributed by atoms with Gasteiger partial charge in [-0.15, -0.1) is 0 Å². The molecular formula is C20H38N10O3Si. The van der Waals surface area contributed by atoms with Crippen LogP contribution in [0.2, 0.25) is 0 Å². The third-order valence-electron chi connectivity index (χ3n) is 4.99. The monoisotopic (exact) mass is 494 g/mol. The Morgan fingerprint density at radius 2 is 1.24 bits per heavy atom. The SMILES string of the molecule is CCCCCCCCCCC(Nc1nc(N=[N+]=[N-])nc(N=[N+]=[N-])n1)[Si](OCC)(OCC)OCC. The molecule has 0 spiro atoms. The molecule has 34 heavy (non-hydrogen) atoms. The third kappa shape index (κ3) is 10.6. The molecule has 0 fully saturated rings. The second-order valence-corrected chi connectivity index (χ2v) is 10.3. The molecule has 0 aliphatic carbocycles. The summed E-state index contributed by atoms with van der Waals surface area (Å²) in [5.41, 5.74) is 17.2. The van der Waals surface area contributed by atoms with Gasteiger partial charge in [-0.3, -0.25) is 0 Å². The van der Waals surface area contributed by atoms with E-state index in [-0.39, 0.29) is 23.5 Å². The lowest BCUT2D eigenvalue weighted by Crippen LogP contribution is -2.59. The van der Waals surface area contributed by atoms with Gasteiger partial charge in [0.2, 0.25) is 17.8 Å². The molecule has 1 heterocycles. The zero-order valence-corrected chi connectivity index (χ0v) is 21.8. The predicted octanol–water partition coefficient (Wildman–Crippen LogP) is 6.65. The maximum Gasteiger partial charge on any atom is 0.524 e. The van der Waals surface area contributed by atoms with Crippen LogP contribution in [0, 0.1) is 0 Å². The van der Waals surface area contributed by atoms with Crippen molar-refractivity contribution < 1.29 is 13.3 Å². The van der Waals surface area contributed by atoms with Crippen LogP contribution in [0.5, 0.6) is 0 Å². The first-order valence-corrected chi connectivity index (χ1v) is 13.9. The highest BCUT2D eigenvalue weighted by Crippen LogP contribution is 2.25. The summed E-state index contributed by atoms with van der Waals surface area (Å²) in [5, 5.41) is 10.1. The zero-order valence-electron chi connectivity index (χ0n) is 20.8. The van der Waals surface area contributed by atoms with Gasteiger partial charge in [0, 0.05) is 29.6 Å². The fraction of sp³-hybridized carbons (Fsp3) is 0.850. The van der Waals surface area contributed by atoms with Gasteiger partial charge < -0.3 is 18.6 Å². The van der Waals surface area contributed by atoms with Crippen molar-refractivity contribution in [1.29, 1.82) is 0 Å². The van der Waals surface area contributed by atoms with E-state index in [0.29, 0.717) is 26.2 Å². The summed E-state index contributed by atoms with van der Waals surface area (Å²) < 4.78 is 18.4. The molecule has 1 aromatic rings. The largest absolute Gasteiger partial charge is 0.524 e. The lowest BCUT2D eigenvalue weighted by molar-refractivity contribution is 0.0631. The molecule has 0 aliphatic rings. The first-order valence-electron chi connectivity index (χ1n) is 12.1. The van der Waals surface area contributed by atoms with E-state index in [1.807, 2.05) is 20.8 Å². The molecule has 1 rings (SSSR count). The number of unbranched alkanes of at least 4 members (excludes halogenated alkanes) is 7. The van der Waals surface area contributed by atoms with Crippen LogP contribution >= 0.6 is 0 Å². The quantitative estimate of drug-likeness (QED) is 0.0692. The van der Waals surface area contributed by atoms with Crippen LogP contribution in [0.3, 0.4) is 0 Å². The van der Waals surface area contributed by atoms with Crippen LogP contribution < -0.4 is 5.32 Å². The summed E-state index contributed by atoms with van der Waals surface area (Å²) in [6, 6.07) is 0. The minimum absolute atomic E-state index is 0.0975.